The fraction of sp³-hybridized carbons (Fsp3) is 0.150. The Kier molecular flexibility index (Phi) is 6.85. The summed E-state index contributed by atoms with van der Waals surface area (Å²) in [6.45, 7) is 13.2. The zero-order valence-corrected chi connectivity index (χ0v) is 17.8. The molecular formula is C20H18N5Y+2. The Morgan fingerprint density at radius 1 is 1.00 bits per heavy atom. The van der Waals surface area contributed by atoms with E-state index >= 15 is 0 Å². The van der Waals surface area contributed by atoms with E-state index in [-0.39, 0.29) is 32.7 Å². The van der Waals surface area contributed by atoms with E-state index in [9.17, 15) is 0 Å². The molecule has 0 unspecified atom stereocenters. The molecule has 0 amide bonds. The number of aromatic nitrogens is 2. The number of rotatable bonds is 4. The summed E-state index contributed by atoms with van der Waals surface area (Å²) in [5.74, 6) is 1.07. The van der Waals surface area contributed by atoms with Crippen LogP contribution in [0.2, 0.25) is 0 Å². The van der Waals surface area contributed by atoms with Gasteiger partial charge >= 0.3 is 32.7 Å². The first-order chi connectivity index (χ1) is 12.0. The molecule has 3 rings (SSSR count). The third-order valence-electron chi connectivity index (χ3n) is 3.78. The van der Waals surface area contributed by atoms with Crippen LogP contribution in [0.25, 0.3) is 4.85 Å². The molecule has 2 N–H and O–H groups in total. The van der Waals surface area contributed by atoms with E-state index in [1.54, 1.807) is 18.3 Å². The maximum Gasteiger partial charge on any atom is 3.00 e. The standard InChI is InChI=1S/C20H18N5.Y/c1-13-11-14(2)19(15(3)12-13)25-20-22-10-9-18(24-20)23-17-7-5-16(21-4)6-8-17;/h5-8,10-12H,1-3H3,(H2,22,23,24,25);/q-1;+3. The first-order valence-electron chi connectivity index (χ1n) is 7.89. The van der Waals surface area contributed by atoms with Crippen molar-refractivity contribution in [3.63, 3.8) is 0 Å². The number of hydrogen-bond donors (Lipinski definition) is 2. The van der Waals surface area contributed by atoms with Crippen molar-refractivity contribution in [2.75, 3.05) is 10.6 Å². The van der Waals surface area contributed by atoms with Gasteiger partial charge in [-0.3, -0.25) is 4.98 Å². The SMILES string of the molecule is [C-]#[N+]c1ccc(Nc2[c-]cnc(Nc3c(C)cc(C)cc3C)n2)cc1.[Y+3]. The topological polar surface area (TPSA) is 54.2 Å². The van der Waals surface area contributed by atoms with E-state index < -0.39 is 0 Å². The van der Waals surface area contributed by atoms with Crippen molar-refractivity contribution in [3.05, 3.63) is 76.8 Å². The molecule has 0 saturated heterocycles. The summed E-state index contributed by atoms with van der Waals surface area (Å²) in [4.78, 5) is 12.1. The van der Waals surface area contributed by atoms with Crippen LogP contribution in [0.1, 0.15) is 16.7 Å². The molecule has 5 nitrogen and oxygen atoms in total. The average molecular weight is 417 g/mol. The summed E-state index contributed by atoms with van der Waals surface area (Å²) in [6, 6.07) is 14.4. The minimum absolute atomic E-state index is 0. The maximum absolute atomic E-state index is 6.99. The van der Waals surface area contributed by atoms with Crippen molar-refractivity contribution in [2.24, 2.45) is 0 Å². The monoisotopic (exact) mass is 417 g/mol. The van der Waals surface area contributed by atoms with Crippen molar-refractivity contribution in [2.45, 2.75) is 20.8 Å². The van der Waals surface area contributed by atoms with Gasteiger partial charge in [-0.1, -0.05) is 29.8 Å². The first kappa shape index (κ1) is 20.0. The van der Waals surface area contributed by atoms with Gasteiger partial charge in [0.2, 0.25) is 5.95 Å². The van der Waals surface area contributed by atoms with Gasteiger partial charge in [0.25, 0.3) is 0 Å². The summed E-state index contributed by atoms with van der Waals surface area (Å²) in [7, 11) is 0. The molecule has 0 fully saturated rings. The summed E-state index contributed by atoms with van der Waals surface area (Å²) in [5.41, 5.74) is 5.99. The molecule has 2 aromatic carbocycles. The van der Waals surface area contributed by atoms with Crippen molar-refractivity contribution in [1.29, 1.82) is 0 Å². The average Bonchev–Trinajstić information content (AvgIpc) is 2.59. The molecule has 124 valence electrons. The van der Waals surface area contributed by atoms with E-state index in [4.69, 9.17) is 6.57 Å². The maximum atomic E-state index is 6.99. The molecular weight excluding hydrogens is 399 g/mol. The second-order valence-electron chi connectivity index (χ2n) is 5.87. The van der Waals surface area contributed by atoms with Crippen molar-refractivity contribution in [1.82, 2.24) is 9.97 Å². The Labute approximate surface area is 179 Å². The van der Waals surface area contributed by atoms with Crippen molar-refractivity contribution < 1.29 is 32.7 Å². The van der Waals surface area contributed by atoms with Gasteiger partial charge in [-0.25, -0.2) is 9.83 Å². The van der Waals surface area contributed by atoms with Crippen LogP contribution in [0.3, 0.4) is 0 Å². The first-order valence-corrected chi connectivity index (χ1v) is 7.89. The number of hydrogen-bond acceptors (Lipinski definition) is 4. The molecule has 0 atom stereocenters. The molecule has 0 aliphatic heterocycles. The third-order valence-corrected chi connectivity index (χ3v) is 3.78. The van der Waals surface area contributed by atoms with Crippen molar-refractivity contribution >= 4 is 28.8 Å². The van der Waals surface area contributed by atoms with Crippen LogP contribution < -0.4 is 10.6 Å². The Morgan fingerprint density at radius 2 is 1.65 bits per heavy atom. The Balaban J connectivity index is 0.00000243. The van der Waals surface area contributed by atoms with Crippen LogP contribution in [-0.2, 0) is 32.7 Å². The van der Waals surface area contributed by atoms with Gasteiger partial charge in [-0.2, -0.15) is 0 Å². The molecule has 6 heteroatoms. The van der Waals surface area contributed by atoms with Crippen LogP contribution in [0.15, 0.2) is 42.6 Å². The Bertz CT molecular complexity index is 922. The molecule has 0 spiro atoms. The van der Waals surface area contributed by atoms with E-state index in [0.717, 1.165) is 22.5 Å². The number of aryl methyl sites for hydroxylation is 3. The molecule has 1 aromatic heterocycles. The van der Waals surface area contributed by atoms with Crippen LogP contribution in [-0.4, -0.2) is 9.97 Å². The third kappa shape index (κ3) is 4.88. The molecule has 0 aliphatic carbocycles. The fourth-order valence-corrected chi connectivity index (χ4v) is 2.69. The van der Waals surface area contributed by atoms with E-state index in [1.165, 1.54) is 5.56 Å². The number of benzene rings is 2. The van der Waals surface area contributed by atoms with Crippen LogP contribution in [0.5, 0.6) is 0 Å². The van der Waals surface area contributed by atoms with Gasteiger partial charge in [0.15, 0.2) is 5.69 Å². The van der Waals surface area contributed by atoms with Crippen LogP contribution in [0, 0.1) is 33.4 Å². The molecule has 1 heterocycles. The van der Waals surface area contributed by atoms with E-state index in [2.05, 4.69) is 64.4 Å². The molecule has 0 bridgehead atoms. The summed E-state index contributed by atoms with van der Waals surface area (Å²) >= 11 is 0. The quantitative estimate of drug-likeness (QED) is 0.571. The minimum Gasteiger partial charge on any atom is -0.408 e. The fourth-order valence-electron chi connectivity index (χ4n) is 2.69. The molecule has 0 radical (unpaired) electrons. The van der Waals surface area contributed by atoms with Gasteiger partial charge in [0.05, 0.1) is 6.57 Å². The molecule has 26 heavy (non-hydrogen) atoms. The van der Waals surface area contributed by atoms with Gasteiger partial charge in [-0.05, 0) is 49.8 Å². The summed E-state index contributed by atoms with van der Waals surface area (Å²) < 4.78 is 0. The molecule has 0 aliphatic rings. The second-order valence-corrected chi connectivity index (χ2v) is 5.87. The number of anilines is 4. The Morgan fingerprint density at radius 3 is 2.27 bits per heavy atom. The normalized spacial score (nSPS) is 9.77. The zero-order chi connectivity index (χ0) is 17.8. The molecule has 0 saturated carbocycles. The van der Waals surface area contributed by atoms with Gasteiger partial charge in [-0.15, -0.1) is 6.20 Å². The largest absolute Gasteiger partial charge is 3.00 e. The smallest absolute Gasteiger partial charge is 0.408 e. The predicted octanol–water partition coefficient (Wildman–Crippen LogP) is 5.24. The number of nitrogens with zero attached hydrogens (tertiary/aromatic N) is 3. The second kappa shape index (κ2) is 8.89. The van der Waals surface area contributed by atoms with Crippen LogP contribution >= 0.6 is 0 Å². The summed E-state index contributed by atoms with van der Waals surface area (Å²) in [5, 5.41) is 6.46. The van der Waals surface area contributed by atoms with Gasteiger partial charge in [0.1, 0.15) is 0 Å². The number of nitrogens with one attached hydrogen (secondary N) is 2. The van der Waals surface area contributed by atoms with E-state index in [1.807, 2.05) is 12.1 Å². The Hall–Kier alpha value is -2.29. The summed E-state index contributed by atoms with van der Waals surface area (Å²) in [6.07, 6.45) is 1.59. The predicted molar refractivity (Wildman–Crippen MR) is 101 cm³/mol. The van der Waals surface area contributed by atoms with Crippen LogP contribution in [0.4, 0.5) is 28.8 Å². The zero-order valence-electron chi connectivity index (χ0n) is 15.0. The van der Waals surface area contributed by atoms with Gasteiger partial charge < -0.3 is 16.7 Å². The van der Waals surface area contributed by atoms with Crippen molar-refractivity contribution in [3.8, 4) is 0 Å². The molecule has 3 aromatic rings. The minimum atomic E-state index is 0. The van der Waals surface area contributed by atoms with Gasteiger partial charge in [0, 0.05) is 11.4 Å². The van der Waals surface area contributed by atoms with E-state index in [0.29, 0.717) is 17.5 Å².